The Labute approximate surface area is 97.6 Å². The lowest BCUT2D eigenvalue weighted by Gasteiger charge is -2.22. The lowest BCUT2D eigenvalue weighted by atomic mass is 10.3. The van der Waals surface area contributed by atoms with Gasteiger partial charge in [0.25, 0.3) is 0 Å². The van der Waals surface area contributed by atoms with Crippen molar-refractivity contribution in [2.24, 2.45) is 0 Å². The SMILES string of the molecule is CCNc1cncc(N(CC)CCOC)c1. The summed E-state index contributed by atoms with van der Waals surface area (Å²) in [5, 5.41) is 3.26. The van der Waals surface area contributed by atoms with Crippen molar-refractivity contribution in [3.8, 4) is 0 Å². The van der Waals surface area contributed by atoms with E-state index in [9.17, 15) is 0 Å². The summed E-state index contributed by atoms with van der Waals surface area (Å²) in [5.74, 6) is 0. The van der Waals surface area contributed by atoms with Crippen molar-refractivity contribution in [1.82, 2.24) is 4.98 Å². The number of ether oxygens (including phenoxy) is 1. The number of likely N-dealkylation sites (N-methyl/N-ethyl adjacent to an activating group) is 1. The minimum atomic E-state index is 0.735. The zero-order chi connectivity index (χ0) is 11.8. The second-order valence-corrected chi connectivity index (χ2v) is 3.53. The summed E-state index contributed by atoms with van der Waals surface area (Å²) in [6.45, 7) is 7.71. The number of anilines is 2. The first kappa shape index (κ1) is 12.8. The van der Waals surface area contributed by atoms with Crippen molar-refractivity contribution in [3.05, 3.63) is 18.5 Å². The standard InChI is InChI=1S/C12H21N3O/c1-4-14-11-8-12(10-13-9-11)15(5-2)6-7-16-3/h8-10,14H,4-7H2,1-3H3. The van der Waals surface area contributed by atoms with Crippen LogP contribution in [0.15, 0.2) is 18.5 Å². The molecule has 16 heavy (non-hydrogen) atoms. The lowest BCUT2D eigenvalue weighted by Crippen LogP contribution is -2.26. The normalized spacial score (nSPS) is 10.2. The minimum Gasteiger partial charge on any atom is -0.384 e. The Morgan fingerprint density at radius 1 is 1.38 bits per heavy atom. The highest BCUT2D eigenvalue weighted by atomic mass is 16.5. The highest BCUT2D eigenvalue weighted by Gasteiger charge is 2.04. The highest BCUT2D eigenvalue weighted by Crippen LogP contribution is 2.17. The zero-order valence-electron chi connectivity index (χ0n) is 10.4. The second kappa shape index (κ2) is 7.06. The third kappa shape index (κ3) is 3.70. The average Bonchev–Trinajstić information content (AvgIpc) is 2.31. The predicted octanol–water partition coefficient (Wildman–Crippen LogP) is 1.99. The van der Waals surface area contributed by atoms with Gasteiger partial charge in [-0.05, 0) is 19.9 Å². The quantitative estimate of drug-likeness (QED) is 0.767. The van der Waals surface area contributed by atoms with E-state index in [1.165, 1.54) is 0 Å². The molecule has 90 valence electrons. The fourth-order valence-corrected chi connectivity index (χ4v) is 1.57. The molecule has 1 aromatic heterocycles. The molecule has 0 spiro atoms. The molecule has 1 rings (SSSR count). The van der Waals surface area contributed by atoms with Crippen molar-refractivity contribution in [2.75, 3.05) is 43.6 Å². The Balaban J connectivity index is 2.71. The molecule has 0 aliphatic carbocycles. The number of nitrogens with one attached hydrogen (secondary N) is 1. The molecule has 0 bridgehead atoms. The van der Waals surface area contributed by atoms with Crippen LogP contribution in [-0.2, 0) is 4.74 Å². The maximum absolute atomic E-state index is 5.10. The molecule has 1 N–H and O–H groups in total. The van der Waals surface area contributed by atoms with E-state index in [-0.39, 0.29) is 0 Å². The Morgan fingerprint density at radius 2 is 2.19 bits per heavy atom. The van der Waals surface area contributed by atoms with Crippen LogP contribution in [-0.4, -0.2) is 38.3 Å². The van der Waals surface area contributed by atoms with Gasteiger partial charge in [0.15, 0.2) is 0 Å². The Kier molecular flexibility index (Phi) is 5.64. The third-order valence-corrected chi connectivity index (χ3v) is 2.42. The lowest BCUT2D eigenvalue weighted by molar-refractivity contribution is 0.205. The Morgan fingerprint density at radius 3 is 2.81 bits per heavy atom. The van der Waals surface area contributed by atoms with Crippen LogP contribution < -0.4 is 10.2 Å². The molecular weight excluding hydrogens is 202 g/mol. The van der Waals surface area contributed by atoms with Gasteiger partial charge in [-0.3, -0.25) is 4.98 Å². The van der Waals surface area contributed by atoms with Crippen LogP contribution in [0.25, 0.3) is 0 Å². The number of rotatable bonds is 7. The maximum Gasteiger partial charge on any atom is 0.0637 e. The van der Waals surface area contributed by atoms with E-state index < -0.39 is 0 Å². The van der Waals surface area contributed by atoms with Gasteiger partial charge in [-0.2, -0.15) is 0 Å². The smallest absolute Gasteiger partial charge is 0.0637 e. The average molecular weight is 223 g/mol. The molecular formula is C12H21N3O. The largest absolute Gasteiger partial charge is 0.384 e. The van der Waals surface area contributed by atoms with Crippen LogP contribution >= 0.6 is 0 Å². The van der Waals surface area contributed by atoms with Gasteiger partial charge in [0, 0.05) is 26.7 Å². The topological polar surface area (TPSA) is 37.4 Å². The molecule has 1 heterocycles. The second-order valence-electron chi connectivity index (χ2n) is 3.53. The molecule has 0 atom stereocenters. The van der Waals surface area contributed by atoms with E-state index in [1.807, 2.05) is 12.4 Å². The molecule has 0 fully saturated rings. The highest BCUT2D eigenvalue weighted by molar-refractivity contribution is 5.55. The van der Waals surface area contributed by atoms with Gasteiger partial charge in [0.1, 0.15) is 0 Å². The van der Waals surface area contributed by atoms with Crippen LogP contribution in [0.4, 0.5) is 11.4 Å². The zero-order valence-corrected chi connectivity index (χ0v) is 10.4. The summed E-state index contributed by atoms with van der Waals surface area (Å²) < 4.78 is 5.10. The van der Waals surface area contributed by atoms with Crippen LogP contribution in [0.1, 0.15) is 13.8 Å². The molecule has 0 saturated carbocycles. The summed E-state index contributed by atoms with van der Waals surface area (Å²) in [4.78, 5) is 6.48. The minimum absolute atomic E-state index is 0.735. The molecule has 0 amide bonds. The van der Waals surface area contributed by atoms with Gasteiger partial charge in [0.2, 0.25) is 0 Å². The van der Waals surface area contributed by atoms with Gasteiger partial charge < -0.3 is 15.0 Å². The van der Waals surface area contributed by atoms with Crippen LogP contribution in [0.3, 0.4) is 0 Å². The van der Waals surface area contributed by atoms with E-state index in [1.54, 1.807) is 7.11 Å². The molecule has 0 saturated heterocycles. The van der Waals surface area contributed by atoms with E-state index in [0.717, 1.165) is 37.6 Å². The van der Waals surface area contributed by atoms with E-state index in [4.69, 9.17) is 4.74 Å². The van der Waals surface area contributed by atoms with Gasteiger partial charge in [0.05, 0.1) is 30.4 Å². The third-order valence-electron chi connectivity index (χ3n) is 2.42. The fraction of sp³-hybridized carbons (Fsp3) is 0.583. The number of nitrogens with zero attached hydrogens (tertiary/aromatic N) is 2. The number of hydrogen-bond acceptors (Lipinski definition) is 4. The summed E-state index contributed by atoms with van der Waals surface area (Å²) >= 11 is 0. The van der Waals surface area contributed by atoms with Gasteiger partial charge >= 0.3 is 0 Å². The van der Waals surface area contributed by atoms with Crippen LogP contribution in [0.2, 0.25) is 0 Å². The summed E-state index contributed by atoms with van der Waals surface area (Å²) in [7, 11) is 1.72. The van der Waals surface area contributed by atoms with Gasteiger partial charge in [-0.25, -0.2) is 0 Å². The van der Waals surface area contributed by atoms with Crippen LogP contribution in [0.5, 0.6) is 0 Å². The van der Waals surface area contributed by atoms with Crippen molar-refractivity contribution >= 4 is 11.4 Å². The summed E-state index contributed by atoms with van der Waals surface area (Å²) in [6.07, 6.45) is 3.73. The van der Waals surface area contributed by atoms with E-state index in [2.05, 4.69) is 35.1 Å². The molecule has 1 aromatic rings. The number of methoxy groups -OCH3 is 1. The van der Waals surface area contributed by atoms with Gasteiger partial charge in [-0.1, -0.05) is 0 Å². The van der Waals surface area contributed by atoms with Crippen molar-refractivity contribution in [1.29, 1.82) is 0 Å². The van der Waals surface area contributed by atoms with Crippen molar-refractivity contribution in [3.63, 3.8) is 0 Å². The predicted molar refractivity (Wildman–Crippen MR) is 68.2 cm³/mol. The van der Waals surface area contributed by atoms with Gasteiger partial charge in [-0.15, -0.1) is 0 Å². The number of aromatic nitrogens is 1. The molecule has 4 nitrogen and oxygen atoms in total. The maximum atomic E-state index is 5.10. The first-order valence-corrected chi connectivity index (χ1v) is 5.74. The van der Waals surface area contributed by atoms with Crippen molar-refractivity contribution < 1.29 is 4.74 Å². The van der Waals surface area contributed by atoms with E-state index >= 15 is 0 Å². The van der Waals surface area contributed by atoms with E-state index in [0.29, 0.717) is 0 Å². The first-order chi connectivity index (χ1) is 7.81. The summed E-state index contributed by atoms with van der Waals surface area (Å²) in [6, 6.07) is 2.12. The molecule has 4 heteroatoms. The molecule has 0 aliphatic rings. The molecule has 0 aromatic carbocycles. The number of hydrogen-bond donors (Lipinski definition) is 1. The van der Waals surface area contributed by atoms with Crippen LogP contribution in [0, 0.1) is 0 Å². The monoisotopic (exact) mass is 223 g/mol. The first-order valence-electron chi connectivity index (χ1n) is 5.74. The fourth-order valence-electron chi connectivity index (χ4n) is 1.57. The Hall–Kier alpha value is -1.29. The molecule has 0 aliphatic heterocycles. The number of pyridine rings is 1. The Bertz CT molecular complexity index is 304. The molecule has 0 radical (unpaired) electrons. The van der Waals surface area contributed by atoms with Crippen molar-refractivity contribution in [2.45, 2.75) is 13.8 Å². The molecule has 0 unspecified atom stereocenters. The summed E-state index contributed by atoms with van der Waals surface area (Å²) in [5.41, 5.74) is 2.20.